The summed E-state index contributed by atoms with van der Waals surface area (Å²) in [6, 6.07) is 6.28. The molecule has 1 N–H and O–H groups in total. The molecule has 60 valence electrons. The van der Waals surface area contributed by atoms with Crippen molar-refractivity contribution in [3.8, 4) is 0 Å². The first-order valence-corrected chi connectivity index (χ1v) is 3.61. The molecule has 1 atom stereocenters. The van der Waals surface area contributed by atoms with E-state index in [1.807, 2.05) is 0 Å². The molecular formula is C9H11FO. The largest absolute Gasteiger partial charge is 0.393 e. The van der Waals surface area contributed by atoms with Crippen molar-refractivity contribution < 1.29 is 9.50 Å². The zero-order valence-corrected chi connectivity index (χ0v) is 6.42. The smallest absolute Gasteiger partial charge is 0.123 e. The van der Waals surface area contributed by atoms with Crippen molar-refractivity contribution in [1.29, 1.82) is 0 Å². The molecule has 1 aromatic carbocycles. The van der Waals surface area contributed by atoms with E-state index in [1.165, 1.54) is 12.1 Å². The molecule has 0 radical (unpaired) electrons. The van der Waals surface area contributed by atoms with E-state index in [0.717, 1.165) is 5.56 Å². The van der Waals surface area contributed by atoms with Crippen LogP contribution in [0.4, 0.5) is 4.39 Å². The number of rotatable bonds is 2. The number of hydrogen-bond acceptors (Lipinski definition) is 1. The Labute approximate surface area is 65.5 Å². The molecule has 0 fully saturated rings. The predicted molar refractivity (Wildman–Crippen MR) is 41.8 cm³/mol. The molecule has 0 bridgehead atoms. The third-order valence-electron chi connectivity index (χ3n) is 1.42. The van der Waals surface area contributed by atoms with Crippen LogP contribution < -0.4 is 0 Å². The maximum atomic E-state index is 12.5. The summed E-state index contributed by atoms with van der Waals surface area (Å²) in [4.78, 5) is 0. The minimum Gasteiger partial charge on any atom is -0.393 e. The lowest BCUT2D eigenvalue weighted by Crippen LogP contribution is -2.03. The fraction of sp³-hybridized carbons (Fsp3) is 0.333. The summed E-state index contributed by atoms with van der Waals surface area (Å²) >= 11 is 0. The molecule has 0 aliphatic carbocycles. The lowest BCUT2D eigenvalue weighted by atomic mass is 10.1. The highest BCUT2D eigenvalue weighted by molar-refractivity contribution is 5.16. The van der Waals surface area contributed by atoms with Gasteiger partial charge in [-0.1, -0.05) is 12.1 Å². The maximum Gasteiger partial charge on any atom is 0.123 e. The maximum absolute atomic E-state index is 12.5. The number of aliphatic hydroxyl groups is 1. The minimum atomic E-state index is -0.406. The van der Waals surface area contributed by atoms with E-state index in [1.54, 1.807) is 19.1 Å². The summed E-state index contributed by atoms with van der Waals surface area (Å²) in [5.41, 5.74) is 0.833. The van der Waals surface area contributed by atoms with Gasteiger partial charge in [-0.2, -0.15) is 0 Å². The van der Waals surface area contributed by atoms with Gasteiger partial charge in [0.2, 0.25) is 0 Å². The Morgan fingerprint density at radius 2 is 2.27 bits per heavy atom. The van der Waals surface area contributed by atoms with Gasteiger partial charge in [-0.05, 0) is 31.0 Å². The Kier molecular flexibility index (Phi) is 2.60. The van der Waals surface area contributed by atoms with Crippen LogP contribution in [0.1, 0.15) is 12.5 Å². The monoisotopic (exact) mass is 154 g/mol. The summed E-state index contributed by atoms with van der Waals surface area (Å²) in [5.74, 6) is -0.247. The van der Waals surface area contributed by atoms with Crippen molar-refractivity contribution >= 4 is 0 Å². The Morgan fingerprint density at radius 1 is 1.55 bits per heavy atom. The number of halogens is 1. The first-order valence-electron chi connectivity index (χ1n) is 3.61. The SMILES string of the molecule is C[C@@H](O)Cc1cccc(F)c1. The van der Waals surface area contributed by atoms with Crippen molar-refractivity contribution in [2.45, 2.75) is 19.4 Å². The molecule has 0 heterocycles. The van der Waals surface area contributed by atoms with Gasteiger partial charge >= 0.3 is 0 Å². The molecule has 0 saturated carbocycles. The van der Waals surface area contributed by atoms with Crippen LogP contribution in [0, 0.1) is 5.82 Å². The Bertz CT molecular complexity index is 233. The highest BCUT2D eigenvalue weighted by Crippen LogP contribution is 2.05. The van der Waals surface area contributed by atoms with Gasteiger partial charge in [-0.25, -0.2) is 4.39 Å². The van der Waals surface area contributed by atoms with Gasteiger partial charge in [0.25, 0.3) is 0 Å². The van der Waals surface area contributed by atoms with Gasteiger partial charge in [-0.15, -0.1) is 0 Å². The second kappa shape index (κ2) is 3.49. The first-order chi connectivity index (χ1) is 5.18. The van der Waals surface area contributed by atoms with Crippen LogP contribution in [0.25, 0.3) is 0 Å². The van der Waals surface area contributed by atoms with Crippen molar-refractivity contribution in [2.24, 2.45) is 0 Å². The molecule has 11 heavy (non-hydrogen) atoms. The summed E-state index contributed by atoms with van der Waals surface area (Å²) < 4.78 is 12.5. The Balaban J connectivity index is 2.71. The van der Waals surface area contributed by atoms with Crippen LogP contribution in [0.3, 0.4) is 0 Å². The molecular weight excluding hydrogens is 143 g/mol. The average molecular weight is 154 g/mol. The number of aliphatic hydroxyl groups excluding tert-OH is 1. The first kappa shape index (κ1) is 8.21. The van der Waals surface area contributed by atoms with Crippen molar-refractivity contribution in [1.82, 2.24) is 0 Å². The van der Waals surface area contributed by atoms with Crippen molar-refractivity contribution in [3.05, 3.63) is 35.6 Å². The van der Waals surface area contributed by atoms with Crippen molar-refractivity contribution in [3.63, 3.8) is 0 Å². The van der Waals surface area contributed by atoms with Crippen LogP contribution in [0.2, 0.25) is 0 Å². The van der Waals surface area contributed by atoms with E-state index in [4.69, 9.17) is 5.11 Å². The molecule has 0 aliphatic heterocycles. The third-order valence-corrected chi connectivity index (χ3v) is 1.42. The van der Waals surface area contributed by atoms with Crippen LogP contribution in [-0.4, -0.2) is 11.2 Å². The molecule has 0 aliphatic rings. The zero-order chi connectivity index (χ0) is 8.27. The second-order valence-corrected chi connectivity index (χ2v) is 2.68. The predicted octanol–water partition coefficient (Wildman–Crippen LogP) is 1.75. The van der Waals surface area contributed by atoms with E-state index in [9.17, 15) is 4.39 Å². The van der Waals surface area contributed by atoms with E-state index in [2.05, 4.69) is 0 Å². The molecule has 1 aromatic rings. The second-order valence-electron chi connectivity index (χ2n) is 2.68. The van der Waals surface area contributed by atoms with Crippen molar-refractivity contribution in [2.75, 3.05) is 0 Å². The number of hydrogen-bond donors (Lipinski definition) is 1. The highest BCUT2D eigenvalue weighted by Gasteiger charge is 1.98. The molecule has 2 heteroatoms. The lowest BCUT2D eigenvalue weighted by molar-refractivity contribution is 0.195. The molecule has 0 spiro atoms. The minimum absolute atomic E-state index is 0.247. The van der Waals surface area contributed by atoms with Gasteiger partial charge in [-0.3, -0.25) is 0 Å². The topological polar surface area (TPSA) is 20.2 Å². The fourth-order valence-electron chi connectivity index (χ4n) is 1.01. The Hall–Kier alpha value is -0.890. The standard InChI is InChI=1S/C9H11FO/c1-7(11)5-8-3-2-4-9(10)6-8/h2-4,6-7,11H,5H2,1H3/t7-/m1/s1. The average Bonchev–Trinajstić information content (AvgIpc) is 1.85. The molecule has 1 nitrogen and oxygen atoms in total. The van der Waals surface area contributed by atoms with Crippen LogP contribution in [-0.2, 0) is 6.42 Å². The summed E-state index contributed by atoms with van der Waals surface area (Å²) in [5, 5.41) is 8.97. The summed E-state index contributed by atoms with van der Waals surface area (Å²) in [6.45, 7) is 1.69. The molecule has 1 rings (SSSR count). The van der Waals surface area contributed by atoms with Gasteiger partial charge in [0.1, 0.15) is 5.82 Å². The van der Waals surface area contributed by atoms with E-state index >= 15 is 0 Å². The third kappa shape index (κ3) is 2.68. The molecule has 0 saturated heterocycles. The van der Waals surface area contributed by atoms with E-state index < -0.39 is 6.10 Å². The van der Waals surface area contributed by atoms with E-state index in [0.29, 0.717) is 6.42 Å². The zero-order valence-electron chi connectivity index (χ0n) is 6.42. The van der Waals surface area contributed by atoms with Gasteiger partial charge in [0, 0.05) is 0 Å². The lowest BCUT2D eigenvalue weighted by Gasteiger charge is -2.02. The molecule has 0 aromatic heterocycles. The fourth-order valence-corrected chi connectivity index (χ4v) is 1.01. The van der Waals surface area contributed by atoms with Crippen LogP contribution >= 0.6 is 0 Å². The van der Waals surface area contributed by atoms with Gasteiger partial charge in [0.05, 0.1) is 6.10 Å². The summed E-state index contributed by atoms with van der Waals surface area (Å²) in [6.07, 6.45) is 0.106. The van der Waals surface area contributed by atoms with Gasteiger partial charge in [0.15, 0.2) is 0 Å². The molecule has 0 unspecified atom stereocenters. The van der Waals surface area contributed by atoms with Crippen LogP contribution in [0.15, 0.2) is 24.3 Å². The van der Waals surface area contributed by atoms with Crippen LogP contribution in [0.5, 0.6) is 0 Å². The van der Waals surface area contributed by atoms with Gasteiger partial charge < -0.3 is 5.11 Å². The normalized spacial score (nSPS) is 13.0. The molecule has 0 amide bonds. The van der Waals surface area contributed by atoms with E-state index in [-0.39, 0.29) is 5.82 Å². The Morgan fingerprint density at radius 3 is 2.82 bits per heavy atom. The quantitative estimate of drug-likeness (QED) is 0.688. The summed E-state index contributed by atoms with van der Waals surface area (Å²) in [7, 11) is 0. The highest BCUT2D eigenvalue weighted by atomic mass is 19.1. The number of benzene rings is 1.